The Morgan fingerprint density at radius 1 is 1.00 bits per heavy atom. The number of oxazole rings is 1. The minimum Gasteiger partial charge on any atom is -0.448 e. The monoisotopic (exact) mass is 340 g/mol. The molecule has 0 amide bonds. The van der Waals surface area contributed by atoms with Crippen LogP contribution in [0.25, 0.3) is 11.3 Å². The minimum absolute atomic E-state index is 0.130. The Kier molecular flexibility index (Phi) is 3.51. The molecule has 1 fully saturated rings. The highest BCUT2D eigenvalue weighted by Crippen LogP contribution is 2.54. The SMILES string of the molecule is NS(=O)(=O)c1ccc([C@@H]2C[C@H]2c2nc(-c3ccccc3)co2)cc1. The zero-order valence-corrected chi connectivity index (χ0v) is 13.6. The van der Waals surface area contributed by atoms with Crippen molar-refractivity contribution in [2.75, 3.05) is 0 Å². The van der Waals surface area contributed by atoms with Crippen molar-refractivity contribution in [2.24, 2.45) is 5.14 Å². The molecule has 0 saturated heterocycles. The van der Waals surface area contributed by atoms with Gasteiger partial charge in [0.25, 0.3) is 0 Å². The second-order valence-corrected chi connectivity index (χ2v) is 7.56. The van der Waals surface area contributed by atoms with E-state index in [0.29, 0.717) is 5.92 Å². The van der Waals surface area contributed by atoms with Crippen molar-refractivity contribution in [3.8, 4) is 11.3 Å². The summed E-state index contributed by atoms with van der Waals surface area (Å²) in [6.45, 7) is 0. The first-order valence-electron chi connectivity index (χ1n) is 7.66. The van der Waals surface area contributed by atoms with E-state index in [2.05, 4.69) is 4.98 Å². The van der Waals surface area contributed by atoms with Crippen LogP contribution in [-0.4, -0.2) is 13.4 Å². The molecule has 1 aromatic heterocycles. The van der Waals surface area contributed by atoms with E-state index in [1.165, 1.54) is 0 Å². The molecule has 2 atom stereocenters. The van der Waals surface area contributed by atoms with Gasteiger partial charge in [-0.15, -0.1) is 0 Å². The summed E-state index contributed by atoms with van der Waals surface area (Å²) < 4.78 is 28.3. The van der Waals surface area contributed by atoms with Gasteiger partial charge in [0.2, 0.25) is 10.0 Å². The van der Waals surface area contributed by atoms with E-state index in [1.807, 2.05) is 42.5 Å². The largest absolute Gasteiger partial charge is 0.448 e. The number of sulfonamides is 1. The molecule has 24 heavy (non-hydrogen) atoms. The summed E-state index contributed by atoms with van der Waals surface area (Å²) in [5.74, 6) is 1.28. The van der Waals surface area contributed by atoms with Crippen molar-refractivity contribution in [1.82, 2.24) is 4.98 Å². The third kappa shape index (κ3) is 2.86. The maximum Gasteiger partial charge on any atom is 0.238 e. The fourth-order valence-electron chi connectivity index (χ4n) is 2.94. The van der Waals surface area contributed by atoms with Crippen LogP contribution in [0.4, 0.5) is 0 Å². The lowest BCUT2D eigenvalue weighted by Gasteiger charge is -2.01. The van der Waals surface area contributed by atoms with Gasteiger partial charge in [-0.05, 0) is 30.0 Å². The number of hydrogen-bond acceptors (Lipinski definition) is 4. The molecule has 6 heteroatoms. The number of nitrogens with two attached hydrogens (primary N) is 1. The summed E-state index contributed by atoms with van der Waals surface area (Å²) in [5, 5.41) is 5.12. The van der Waals surface area contributed by atoms with Gasteiger partial charge in [-0.3, -0.25) is 0 Å². The van der Waals surface area contributed by atoms with Gasteiger partial charge in [-0.25, -0.2) is 18.5 Å². The summed E-state index contributed by atoms with van der Waals surface area (Å²) >= 11 is 0. The molecule has 122 valence electrons. The number of aromatic nitrogens is 1. The first-order valence-corrected chi connectivity index (χ1v) is 9.20. The maximum atomic E-state index is 11.3. The highest BCUT2D eigenvalue weighted by atomic mass is 32.2. The first-order chi connectivity index (χ1) is 11.5. The smallest absolute Gasteiger partial charge is 0.238 e. The lowest BCUT2D eigenvalue weighted by molar-refractivity contribution is 0.494. The van der Waals surface area contributed by atoms with Gasteiger partial charge in [0, 0.05) is 11.5 Å². The van der Waals surface area contributed by atoms with Gasteiger partial charge >= 0.3 is 0 Å². The van der Waals surface area contributed by atoms with E-state index < -0.39 is 10.0 Å². The van der Waals surface area contributed by atoms with Crippen LogP contribution in [0.5, 0.6) is 0 Å². The maximum absolute atomic E-state index is 11.3. The molecule has 1 aliphatic carbocycles. The Labute approximate surface area is 140 Å². The third-order valence-electron chi connectivity index (χ3n) is 4.34. The summed E-state index contributed by atoms with van der Waals surface area (Å²) in [6.07, 6.45) is 2.63. The van der Waals surface area contributed by atoms with Crippen molar-refractivity contribution in [1.29, 1.82) is 0 Å². The molecule has 1 saturated carbocycles. The highest BCUT2D eigenvalue weighted by molar-refractivity contribution is 7.89. The molecule has 0 spiro atoms. The Bertz CT molecular complexity index is 963. The molecule has 0 aliphatic heterocycles. The zero-order chi connectivity index (χ0) is 16.7. The Morgan fingerprint density at radius 3 is 2.38 bits per heavy atom. The zero-order valence-electron chi connectivity index (χ0n) is 12.8. The van der Waals surface area contributed by atoms with Crippen LogP contribution in [0.3, 0.4) is 0 Å². The lowest BCUT2D eigenvalue weighted by atomic mass is 10.1. The van der Waals surface area contributed by atoms with Crippen molar-refractivity contribution < 1.29 is 12.8 Å². The fourth-order valence-corrected chi connectivity index (χ4v) is 3.46. The Balaban J connectivity index is 1.52. The van der Waals surface area contributed by atoms with Gasteiger partial charge in [0.15, 0.2) is 5.89 Å². The lowest BCUT2D eigenvalue weighted by Crippen LogP contribution is -2.11. The van der Waals surface area contributed by atoms with Gasteiger partial charge in [-0.2, -0.15) is 0 Å². The summed E-state index contributed by atoms with van der Waals surface area (Å²) in [6, 6.07) is 16.6. The summed E-state index contributed by atoms with van der Waals surface area (Å²) in [7, 11) is -3.65. The van der Waals surface area contributed by atoms with Crippen LogP contribution in [0, 0.1) is 0 Å². The Hall–Kier alpha value is -2.44. The predicted octanol–water partition coefficient (Wildman–Crippen LogP) is 3.26. The predicted molar refractivity (Wildman–Crippen MR) is 89.9 cm³/mol. The average molecular weight is 340 g/mol. The number of rotatable bonds is 4. The summed E-state index contributed by atoms with van der Waals surface area (Å²) in [4.78, 5) is 4.72. The van der Waals surface area contributed by atoms with Crippen LogP contribution >= 0.6 is 0 Å². The second-order valence-electron chi connectivity index (χ2n) is 6.00. The van der Waals surface area contributed by atoms with Gasteiger partial charge in [-0.1, -0.05) is 42.5 Å². The number of primary sulfonamides is 1. The van der Waals surface area contributed by atoms with Crippen LogP contribution in [0.2, 0.25) is 0 Å². The van der Waals surface area contributed by atoms with Crippen LogP contribution in [-0.2, 0) is 10.0 Å². The van der Waals surface area contributed by atoms with E-state index in [1.54, 1.807) is 18.4 Å². The molecule has 2 N–H and O–H groups in total. The van der Waals surface area contributed by atoms with Gasteiger partial charge < -0.3 is 4.42 Å². The van der Waals surface area contributed by atoms with E-state index in [0.717, 1.165) is 29.1 Å². The van der Waals surface area contributed by atoms with E-state index >= 15 is 0 Å². The highest BCUT2D eigenvalue weighted by Gasteiger charge is 2.43. The van der Waals surface area contributed by atoms with Gasteiger partial charge in [0.1, 0.15) is 12.0 Å². The molecular formula is C18H16N2O3S. The molecule has 0 bridgehead atoms. The molecular weight excluding hydrogens is 324 g/mol. The first kappa shape index (κ1) is 15.1. The Morgan fingerprint density at radius 2 is 1.71 bits per heavy atom. The molecule has 1 heterocycles. The standard InChI is InChI=1S/C18H16N2O3S/c19-24(21,22)14-8-6-12(7-9-14)15-10-16(15)18-20-17(11-23-18)13-4-2-1-3-5-13/h1-9,11,15-16H,10H2,(H2,19,21,22)/t15-,16+/m0/s1. The van der Waals surface area contributed by atoms with Crippen molar-refractivity contribution in [2.45, 2.75) is 23.2 Å². The average Bonchev–Trinajstić information content (AvgIpc) is 3.23. The molecule has 3 aromatic rings. The van der Waals surface area contributed by atoms with Crippen molar-refractivity contribution in [3.05, 3.63) is 72.3 Å². The third-order valence-corrected chi connectivity index (χ3v) is 5.27. The van der Waals surface area contributed by atoms with E-state index in [9.17, 15) is 8.42 Å². The molecule has 0 unspecified atom stereocenters. The molecule has 1 aliphatic rings. The van der Waals surface area contributed by atoms with Crippen LogP contribution in [0.15, 0.2) is 70.2 Å². The normalized spacial score (nSPS) is 20.0. The molecule has 0 radical (unpaired) electrons. The summed E-state index contributed by atoms with van der Waals surface area (Å²) in [5.41, 5.74) is 2.94. The van der Waals surface area contributed by atoms with Crippen molar-refractivity contribution >= 4 is 10.0 Å². The van der Waals surface area contributed by atoms with E-state index in [4.69, 9.17) is 9.56 Å². The number of hydrogen-bond donors (Lipinski definition) is 1. The molecule has 2 aromatic carbocycles. The van der Waals surface area contributed by atoms with Crippen molar-refractivity contribution in [3.63, 3.8) is 0 Å². The van der Waals surface area contributed by atoms with Crippen LogP contribution in [0.1, 0.15) is 29.7 Å². The molecule has 5 nitrogen and oxygen atoms in total. The van der Waals surface area contributed by atoms with Gasteiger partial charge in [0.05, 0.1) is 4.90 Å². The number of benzene rings is 2. The fraction of sp³-hybridized carbons (Fsp3) is 0.167. The minimum atomic E-state index is -3.65. The molecule has 4 rings (SSSR count). The topological polar surface area (TPSA) is 86.2 Å². The number of nitrogens with zero attached hydrogens (tertiary/aromatic N) is 1. The second kappa shape index (κ2) is 5.58. The van der Waals surface area contributed by atoms with Crippen LogP contribution < -0.4 is 5.14 Å². The van der Waals surface area contributed by atoms with E-state index in [-0.39, 0.29) is 10.8 Å². The quantitative estimate of drug-likeness (QED) is 0.790.